The first kappa shape index (κ1) is 10.6. The Kier molecular flexibility index (Phi) is 2.78. The van der Waals surface area contributed by atoms with Crippen LogP contribution in [0.4, 0.5) is 4.79 Å². The number of aromatic nitrogens is 1. The predicted octanol–water partition coefficient (Wildman–Crippen LogP) is 1.86. The number of hydrogen-bond donors (Lipinski definition) is 1. The quantitative estimate of drug-likeness (QED) is 0.786. The number of rotatable bonds is 2. The average molecular weight is 198 g/mol. The molecule has 1 amide bonds. The Morgan fingerprint density at radius 2 is 2.29 bits per heavy atom. The summed E-state index contributed by atoms with van der Waals surface area (Å²) in [7, 11) is 0. The molecule has 2 N–H and O–H groups in total. The molecule has 14 heavy (non-hydrogen) atoms. The predicted molar refractivity (Wildman–Crippen MR) is 49.4 cm³/mol. The average Bonchev–Trinajstić information content (AvgIpc) is 2.49. The van der Waals surface area contributed by atoms with Crippen molar-refractivity contribution in [3.05, 3.63) is 18.0 Å². The van der Waals surface area contributed by atoms with Crippen LogP contribution in [0.2, 0.25) is 0 Å². The Morgan fingerprint density at radius 1 is 1.64 bits per heavy atom. The molecule has 0 fully saturated rings. The summed E-state index contributed by atoms with van der Waals surface area (Å²) in [6.07, 6.45) is 0.169. The molecule has 1 atom stereocenters. The number of primary amides is 1. The number of carbonyl (C=O) groups is 1. The molecule has 1 aromatic heterocycles. The molecule has 0 bridgehead atoms. The van der Waals surface area contributed by atoms with Crippen molar-refractivity contribution in [2.24, 2.45) is 11.1 Å². The van der Waals surface area contributed by atoms with E-state index in [1.807, 2.05) is 20.8 Å². The highest BCUT2D eigenvalue weighted by Gasteiger charge is 2.32. The lowest BCUT2D eigenvalue weighted by Crippen LogP contribution is -2.26. The Balaban J connectivity index is 2.89. The molecule has 0 saturated carbocycles. The summed E-state index contributed by atoms with van der Waals surface area (Å²) in [6.45, 7) is 5.76. The smallest absolute Gasteiger partial charge is 0.405 e. The summed E-state index contributed by atoms with van der Waals surface area (Å²) < 4.78 is 9.90. The molecule has 0 spiro atoms. The lowest BCUT2D eigenvalue weighted by Gasteiger charge is -2.27. The van der Waals surface area contributed by atoms with E-state index in [4.69, 9.17) is 15.0 Å². The van der Waals surface area contributed by atoms with Crippen LogP contribution in [-0.2, 0) is 4.74 Å². The summed E-state index contributed by atoms with van der Waals surface area (Å²) in [5.41, 5.74) is 4.69. The molecule has 0 aliphatic rings. The van der Waals surface area contributed by atoms with Gasteiger partial charge in [0.05, 0.1) is 6.20 Å². The van der Waals surface area contributed by atoms with Crippen molar-refractivity contribution in [2.75, 3.05) is 0 Å². The van der Waals surface area contributed by atoms with E-state index < -0.39 is 12.2 Å². The van der Waals surface area contributed by atoms with Crippen molar-refractivity contribution in [3.63, 3.8) is 0 Å². The van der Waals surface area contributed by atoms with Gasteiger partial charge in [0.15, 0.2) is 11.9 Å². The maximum atomic E-state index is 10.7. The van der Waals surface area contributed by atoms with Gasteiger partial charge >= 0.3 is 6.09 Å². The minimum atomic E-state index is -0.818. The van der Waals surface area contributed by atoms with Gasteiger partial charge in [-0.3, -0.25) is 0 Å². The highest BCUT2D eigenvalue weighted by atomic mass is 16.6. The molecule has 0 aliphatic heterocycles. The highest BCUT2D eigenvalue weighted by molar-refractivity contribution is 5.65. The summed E-state index contributed by atoms with van der Waals surface area (Å²) >= 11 is 0. The number of hydrogen-bond acceptors (Lipinski definition) is 4. The fourth-order valence-corrected chi connectivity index (χ4v) is 1.14. The zero-order valence-corrected chi connectivity index (χ0v) is 8.48. The Hall–Kier alpha value is -1.52. The van der Waals surface area contributed by atoms with E-state index >= 15 is 0 Å². The van der Waals surface area contributed by atoms with E-state index in [0.717, 1.165) is 0 Å². The maximum absolute atomic E-state index is 10.7. The SMILES string of the molecule is CC(C)(C)C(OC(N)=O)c1ccno1. The molecule has 1 heterocycles. The minimum absolute atomic E-state index is 0.283. The molecule has 0 aromatic carbocycles. The highest BCUT2D eigenvalue weighted by Crippen LogP contribution is 2.35. The van der Waals surface area contributed by atoms with Crippen LogP contribution in [0.25, 0.3) is 0 Å². The number of amides is 1. The largest absolute Gasteiger partial charge is 0.438 e. The van der Waals surface area contributed by atoms with Crippen LogP contribution in [0.1, 0.15) is 32.6 Å². The summed E-state index contributed by atoms with van der Waals surface area (Å²) in [4.78, 5) is 10.7. The molecular weight excluding hydrogens is 184 g/mol. The third-order valence-electron chi connectivity index (χ3n) is 1.74. The van der Waals surface area contributed by atoms with Crippen LogP contribution in [0.5, 0.6) is 0 Å². The topological polar surface area (TPSA) is 78.4 Å². The fourth-order valence-electron chi connectivity index (χ4n) is 1.14. The molecule has 78 valence electrons. The molecule has 1 aromatic rings. The van der Waals surface area contributed by atoms with Gasteiger partial charge in [-0.2, -0.15) is 0 Å². The van der Waals surface area contributed by atoms with Gasteiger partial charge in [0, 0.05) is 11.5 Å². The first-order chi connectivity index (χ1) is 6.41. The van der Waals surface area contributed by atoms with E-state index in [1.165, 1.54) is 6.20 Å². The summed E-state index contributed by atoms with van der Waals surface area (Å²) in [6, 6.07) is 1.65. The molecule has 5 heteroatoms. The van der Waals surface area contributed by atoms with E-state index in [-0.39, 0.29) is 5.41 Å². The zero-order valence-electron chi connectivity index (χ0n) is 8.48. The third-order valence-corrected chi connectivity index (χ3v) is 1.74. The van der Waals surface area contributed by atoms with Gasteiger partial charge in [0.25, 0.3) is 0 Å². The van der Waals surface area contributed by atoms with Gasteiger partial charge in [0.1, 0.15) is 0 Å². The summed E-state index contributed by atoms with van der Waals surface area (Å²) in [5.74, 6) is 0.497. The second-order valence-corrected chi connectivity index (χ2v) is 4.10. The van der Waals surface area contributed by atoms with E-state index in [1.54, 1.807) is 6.07 Å². The fraction of sp³-hybridized carbons (Fsp3) is 0.556. The second kappa shape index (κ2) is 3.69. The van der Waals surface area contributed by atoms with Crippen LogP contribution >= 0.6 is 0 Å². The lowest BCUT2D eigenvalue weighted by atomic mass is 9.87. The maximum Gasteiger partial charge on any atom is 0.405 e. The minimum Gasteiger partial charge on any atom is -0.438 e. The van der Waals surface area contributed by atoms with Crippen molar-refractivity contribution in [2.45, 2.75) is 26.9 Å². The molecule has 0 saturated heterocycles. The molecule has 1 unspecified atom stereocenters. The van der Waals surface area contributed by atoms with E-state index in [2.05, 4.69) is 5.16 Å². The van der Waals surface area contributed by atoms with Crippen molar-refractivity contribution >= 4 is 6.09 Å². The zero-order chi connectivity index (χ0) is 10.8. The van der Waals surface area contributed by atoms with Gasteiger partial charge in [-0.05, 0) is 0 Å². The first-order valence-electron chi connectivity index (χ1n) is 4.28. The van der Waals surface area contributed by atoms with Gasteiger partial charge in [-0.25, -0.2) is 4.79 Å². The number of nitrogens with zero attached hydrogens (tertiary/aromatic N) is 1. The molecular formula is C9H14N2O3. The van der Waals surface area contributed by atoms with Gasteiger partial charge in [-0.1, -0.05) is 25.9 Å². The van der Waals surface area contributed by atoms with E-state index in [9.17, 15) is 4.79 Å². The Morgan fingerprint density at radius 3 is 2.64 bits per heavy atom. The normalized spacial score (nSPS) is 13.6. The van der Waals surface area contributed by atoms with Gasteiger partial charge in [-0.15, -0.1) is 0 Å². The molecule has 1 rings (SSSR count). The van der Waals surface area contributed by atoms with Crippen LogP contribution in [0.15, 0.2) is 16.8 Å². The van der Waals surface area contributed by atoms with Crippen LogP contribution in [-0.4, -0.2) is 11.2 Å². The van der Waals surface area contributed by atoms with Crippen LogP contribution in [0, 0.1) is 5.41 Å². The standard InChI is InChI=1S/C9H14N2O3/c1-9(2,3)7(13-8(10)12)6-4-5-11-14-6/h4-5,7H,1-3H3,(H2,10,12). The van der Waals surface area contributed by atoms with Crippen LogP contribution in [0.3, 0.4) is 0 Å². The third kappa shape index (κ3) is 2.48. The van der Waals surface area contributed by atoms with Crippen molar-refractivity contribution in [1.82, 2.24) is 5.16 Å². The van der Waals surface area contributed by atoms with E-state index in [0.29, 0.717) is 5.76 Å². The van der Waals surface area contributed by atoms with Crippen LogP contribution < -0.4 is 5.73 Å². The number of ether oxygens (including phenoxy) is 1. The number of carbonyl (C=O) groups excluding carboxylic acids is 1. The van der Waals surface area contributed by atoms with Crippen molar-refractivity contribution in [1.29, 1.82) is 0 Å². The Labute approximate surface area is 82.2 Å². The van der Waals surface area contributed by atoms with Gasteiger partial charge < -0.3 is 15.0 Å². The summed E-state index contributed by atoms with van der Waals surface area (Å²) in [5, 5.41) is 3.56. The molecule has 5 nitrogen and oxygen atoms in total. The number of nitrogens with two attached hydrogens (primary N) is 1. The lowest BCUT2D eigenvalue weighted by molar-refractivity contribution is 0.0177. The monoisotopic (exact) mass is 198 g/mol. The second-order valence-electron chi connectivity index (χ2n) is 4.10. The van der Waals surface area contributed by atoms with Gasteiger partial charge in [0.2, 0.25) is 0 Å². The Bertz CT molecular complexity index is 300. The first-order valence-corrected chi connectivity index (χ1v) is 4.28. The molecule has 0 aliphatic carbocycles. The van der Waals surface area contributed by atoms with Crippen molar-refractivity contribution in [3.8, 4) is 0 Å². The van der Waals surface area contributed by atoms with Crippen molar-refractivity contribution < 1.29 is 14.1 Å². The molecule has 0 radical (unpaired) electrons.